The zero-order valence-electron chi connectivity index (χ0n) is 15.4. The van der Waals surface area contributed by atoms with Crippen LogP contribution in [0, 0.1) is 11.6 Å². The Bertz CT molecular complexity index is 953. The molecule has 1 amide bonds. The summed E-state index contributed by atoms with van der Waals surface area (Å²) < 4.78 is 42.6. The summed E-state index contributed by atoms with van der Waals surface area (Å²) >= 11 is 0. The summed E-state index contributed by atoms with van der Waals surface area (Å²) in [5, 5.41) is 0. The SMILES string of the molecule is COc1ccc(CN(C)C(=O)c2ccc(COc3ccc(F)cc3)o2)cc1F. The summed E-state index contributed by atoms with van der Waals surface area (Å²) in [5.41, 5.74) is 0.626. The van der Waals surface area contributed by atoms with Crippen LogP contribution in [0.5, 0.6) is 11.5 Å². The van der Waals surface area contributed by atoms with Crippen LogP contribution in [0.15, 0.2) is 59.0 Å². The van der Waals surface area contributed by atoms with Crippen molar-refractivity contribution in [1.29, 1.82) is 0 Å². The molecular formula is C21H19F2NO4. The largest absolute Gasteiger partial charge is 0.494 e. The van der Waals surface area contributed by atoms with Gasteiger partial charge in [-0.05, 0) is 54.1 Å². The lowest BCUT2D eigenvalue weighted by Gasteiger charge is -2.16. The summed E-state index contributed by atoms with van der Waals surface area (Å²) in [4.78, 5) is 13.9. The minimum absolute atomic E-state index is 0.103. The molecule has 0 aliphatic heterocycles. The molecule has 7 heteroatoms. The topological polar surface area (TPSA) is 51.9 Å². The van der Waals surface area contributed by atoms with Crippen LogP contribution in [0.25, 0.3) is 0 Å². The highest BCUT2D eigenvalue weighted by Gasteiger charge is 2.17. The number of nitrogens with zero attached hydrogens (tertiary/aromatic N) is 1. The number of ether oxygens (including phenoxy) is 2. The van der Waals surface area contributed by atoms with E-state index in [4.69, 9.17) is 13.9 Å². The molecule has 0 aliphatic carbocycles. The minimum Gasteiger partial charge on any atom is -0.494 e. The van der Waals surface area contributed by atoms with Gasteiger partial charge in [-0.3, -0.25) is 4.79 Å². The van der Waals surface area contributed by atoms with Gasteiger partial charge in [0.25, 0.3) is 5.91 Å². The molecule has 0 spiro atoms. The highest BCUT2D eigenvalue weighted by atomic mass is 19.1. The molecule has 0 aliphatic rings. The van der Waals surface area contributed by atoms with Gasteiger partial charge in [0.2, 0.25) is 0 Å². The smallest absolute Gasteiger partial charge is 0.289 e. The molecule has 2 aromatic carbocycles. The van der Waals surface area contributed by atoms with Crippen LogP contribution < -0.4 is 9.47 Å². The first-order valence-electron chi connectivity index (χ1n) is 8.51. The number of hydrogen-bond donors (Lipinski definition) is 0. The van der Waals surface area contributed by atoms with Gasteiger partial charge in [0, 0.05) is 13.6 Å². The van der Waals surface area contributed by atoms with Crippen molar-refractivity contribution in [2.45, 2.75) is 13.2 Å². The van der Waals surface area contributed by atoms with Crippen LogP contribution in [0.3, 0.4) is 0 Å². The standard InChI is InChI=1S/C21H19F2NO4/c1-24(12-14-3-9-19(26-2)18(23)11-14)21(25)20-10-8-17(28-20)13-27-16-6-4-15(22)5-7-16/h3-11H,12-13H2,1-2H3. The fourth-order valence-corrected chi connectivity index (χ4v) is 2.60. The lowest BCUT2D eigenvalue weighted by molar-refractivity contribution is 0.0749. The Morgan fingerprint density at radius 3 is 2.50 bits per heavy atom. The van der Waals surface area contributed by atoms with Gasteiger partial charge in [0.15, 0.2) is 17.3 Å². The van der Waals surface area contributed by atoms with Crippen molar-refractivity contribution in [2.24, 2.45) is 0 Å². The van der Waals surface area contributed by atoms with Gasteiger partial charge < -0.3 is 18.8 Å². The number of carbonyl (C=O) groups excluding carboxylic acids is 1. The summed E-state index contributed by atoms with van der Waals surface area (Å²) in [6.07, 6.45) is 0. The third-order valence-electron chi connectivity index (χ3n) is 4.05. The normalized spacial score (nSPS) is 10.6. The van der Waals surface area contributed by atoms with E-state index in [2.05, 4.69) is 0 Å². The Kier molecular flexibility index (Phi) is 5.93. The molecule has 0 atom stereocenters. The predicted octanol–water partition coefficient (Wildman–Crippen LogP) is 4.42. The van der Waals surface area contributed by atoms with Crippen LogP contribution >= 0.6 is 0 Å². The van der Waals surface area contributed by atoms with Crippen molar-refractivity contribution in [3.8, 4) is 11.5 Å². The molecule has 28 heavy (non-hydrogen) atoms. The van der Waals surface area contributed by atoms with Gasteiger partial charge in [0.1, 0.15) is 23.9 Å². The molecular weight excluding hydrogens is 368 g/mol. The average Bonchev–Trinajstić information content (AvgIpc) is 3.16. The van der Waals surface area contributed by atoms with Crippen molar-refractivity contribution in [3.05, 3.63) is 83.3 Å². The Morgan fingerprint density at radius 2 is 1.82 bits per heavy atom. The first-order chi connectivity index (χ1) is 13.5. The van der Waals surface area contributed by atoms with Crippen molar-refractivity contribution in [1.82, 2.24) is 4.90 Å². The molecule has 3 aromatic rings. The second kappa shape index (κ2) is 8.56. The summed E-state index contributed by atoms with van der Waals surface area (Å²) in [7, 11) is 2.99. The monoisotopic (exact) mass is 387 g/mol. The van der Waals surface area contributed by atoms with E-state index in [1.54, 1.807) is 25.2 Å². The molecule has 5 nitrogen and oxygen atoms in total. The Hall–Kier alpha value is -3.35. The maximum atomic E-state index is 13.8. The number of hydrogen-bond acceptors (Lipinski definition) is 4. The summed E-state index contributed by atoms with van der Waals surface area (Å²) in [6, 6.07) is 13.3. The van der Waals surface area contributed by atoms with Crippen molar-refractivity contribution < 1.29 is 27.5 Å². The predicted molar refractivity (Wildman–Crippen MR) is 98.2 cm³/mol. The number of carbonyl (C=O) groups is 1. The van der Waals surface area contributed by atoms with E-state index in [1.165, 1.54) is 48.4 Å². The highest BCUT2D eigenvalue weighted by Crippen LogP contribution is 2.20. The van der Waals surface area contributed by atoms with Crippen LogP contribution in [0.2, 0.25) is 0 Å². The molecule has 0 unspecified atom stereocenters. The second-order valence-corrected chi connectivity index (χ2v) is 6.14. The van der Waals surface area contributed by atoms with Gasteiger partial charge in [-0.1, -0.05) is 6.07 Å². The van der Waals surface area contributed by atoms with E-state index in [9.17, 15) is 13.6 Å². The third kappa shape index (κ3) is 4.68. The molecule has 0 saturated carbocycles. The molecule has 3 rings (SSSR count). The lowest BCUT2D eigenvalue weighted by Crippen LogP contribution is -2.25. The third-order valence-corrected chi connectivity index (χ3v) is 4.05. The van der Waals surface area contributed by atoms with E-state index >= 15 is 0 Å². The van der Waals surface area contributed by atoms with Gasteiger partial charge in [0.05, 0.1) is 7.11 Å². The Balaban J connectivity index is 1.59. The van der Waals surface area contributed by atoms with Crippen LogP contribution in [-0.2, 0) is 13.2 Å². The van der Waals surface area contributed by atoms with Crippen molar-refractivity contribution in [3.63, 3.8) is 0 Å². The van der Waals surface area contributed by atoms with Gasteiger partial charge in [-0.25, -0.2) is 8.78 Å². The first-order valence-corrected chi connectivity index (χ1v) is 8.51. The molecule has 0 saturated heterocycles. The van der Waals surface area contributed by atoms with E-state index in [0.29, 0.717) is 17.1 Å². The molecule has 0 N–H and O–H groups in total. The quantitative estimate of drug-likeness (QED) is 0.602. The van der Waals surface area contributed by atoms with Gasteiger partial charge in [-0.2, -0.15) is 0 Å². The number of rotatable bonds is 7. The molecule has 0 bridgehead atoms. The zero-order valence-corrected chi connectivity index (χ0v) is 15.4. The maximum absolute atomic E-state index is 13.8. The fourth-order valence-electron chi connectivity index (χ4n) is 2.60. The number of halogens is 2. The van der Waals surface area contributed by atoms with Crippen LogP contribution in [0.1, 0.15) is 21.9 Å². The highest BCUT2D eigenvalue weighted by molar-refractivity contribution is 5.91. The molecule has 1 aromatic heterocycles. The van der Waals surface area contributed by atoms with E-state index in [1.807, 2.05) is 0 Å². The number of benzene rings is 2. The minimum atomic E-state index is -0.487. The molecule has 0 radical (unpaired) electrons. The average molecular weight is 387 g/mol. The van der Waals surface area contributed by atoms with E-state index in [-0.39, 0.29) is 36.4 Å². The maximum Gasteiger partial charge on any atom is 0.289 e. The van der Waals surface area contributed by atoms with E-state index in [0.717, 1.165) is 0 Å². The molecule has 1 heterocycles. The summed E-state index contributed by atoms with van der Waals surface area (Å²) in [6.45, 7) is 0.314. The Morgan fingerprint density at radius 1 is 1.07 bits per heavy atom. The van der Waals surface area contributed by atoms with Crippen molar-refractivity contribution in [2.75, 3.05) is 14.2 Å². The number of amides is 1. The van der Waals surface area contributed by atoms with E-state index < -0.39 is 5.82 Å². The number of methoxy groups -OCH3 is 1. The molecule has 146 valence electrons. The number of furan rings is 1. The zero-order chi connectivity index (χ0) is 20.1. The second-order valence-electron chi connectivity index (χ2n) is 6.14. The van der Waals surface area contributed by atoms with Crippen molar-refractivity contribution >= 4 is 5.91 Å². The van der Waals surface area contributed by atoms with Crippen LogP contribution in [0.4, 0.5) is 8.78 Å². The Labute approximate surface area is 161 Å². The summed E-state index contributed by atoms with van der Waals surface area (Å²) in [5.74, 6) is 0.0611. The fraction of sp³-hybridized carbons (Fsp3) is 0.190. The molecule has 0 fully saturated rings. The van der Waals surface area contributed by atoms with Gasteiger partial charge in [-0.15, -0.1) is 0 Å². The lowest BCUT2D eigenvalue weighted by atomic mass is 10.2. The van der Waals surface area contributed by atoms with Crippen LogP contribution in [-0.4, -0.2) is 25.0 Å². The van der Waals surface area contributed by atoms with Gasteiger partial charge >= 0.3 is 0 Å². The first kappa shape index (κ1) is 19.4.